The highest BCUT2D eigenvalue weighted by Crippen LogP contribution is 2.31. The Morgan fingerprint density at radius 3 is 2.63 bits per heavy atom. The monoisotopic (exact) mass is 378 g/mol. The highest BCUT2D eigenvalue weighted by atomic mass is 32.1. The molecule has 1 saturated carbocycles. The van der Waals surface area contributed by atoms with Crippen LogP contribution in [0.4, 0.5) is 0 Å². The molecule has 0 aliphatic heterocycles. The third kappa shape index (κ3) is 4.34. The Morgan fingerprint density at radius 2 is 1.81 bits per heavy atom. The molecule has 0 bridgehead atoms. The van der Waals surface area contributed by atoms with Gasteiger partial charge in [0.05, 0.1) is 6.21 Å². The zero-order chi connectivity index (χ0) is 18.5. The standard InChI is InChI=1S/C21H22N4OS/c27-21-24-23-20(17-9-3-1-4-10-17)25(21)22-15-16-8-7-13-19(14-16)26-18-11-5-2-6-12-18/h2,5-8,11-15,17H,1,3-4,9-10H2,(H,24,27). The van der Waals surface area contributed by atoms with Crippen LogP contribution >= 0.6 is 12.2 Å². The first-order chi connectivity index (χ1) is 13.3. The zero-order valence-electron chi connectivity index (χ0n) is 15.0. The van der Waals surface area contributed by atoms with Gasteiger partial charge in [-0.15, -0.1) is 0 Å². The number of aromatic nitrogens is 3. The van der Waals surface area contributed by atoms with Gasteiger partial charge in [-0.2, -0.15) is 14.9 Å². The van der Waals surface area contributed by atoms with Crippen LogP contribution in [0.25, 0.3) is 0 Å². The molecule has 138 valence electrons. The molecular formula is C21H22N4OS. The second kappa shape index (κ2) is 8.31. The van der Waals surface area contributed by atoms with Crippen LogP contribution in [-0.4, -0.2) is 21.1 Å². The first-order valence-corrected chi connectivity index (χ1v) is 9.75. The zero-order valence-corrected chi connectivity index (χ0v) is 15.9. The number of para-hydroxylation sites is 1. The summed E-state index contributed by atoms with van der Waals surface area (Å²) < 4.78 is 8.18. The number of H-pyrrole nitrogens is 1. The van der Waals surface area contributed by atoms with Crippen molar-refractivity contribution in [2.75, 3.05) is 0 Å². The topological polar surface area (TPSA) is 55.2 Å². The lowest BCUT2D eigenvalue weighted by molar-refractivity contribution is 0.419. The van der Waals surface area contributed by atoms with Gasteiger partial charge in [0, 0.05) is 5.92 Å². The number of hydrogen-bond acceptors (Lipinski definition) is 4. The maximum Gasteiger partial charge on any atom is 0.216 e. The fourth-order valence-electron chi connectivity index (χ4n) is 3.45. The summed E-state index contributed by atoms with van der Waals surface area (Å²) in [6.07, 6.45) is 7.89. The van der Waals surface area contributed by atoms with Crippen molar-refractivity contribution in [1.29, 1.82) is 0 Å². The molecular weight excluding hydrogens is 356 g/mol. The molecule has 4 rings (SSSR count). The molecule has 0 unspecified atom stereocenters. The number of nitrogens with one attached hydrogen (secondary N) is 1. The highest BCUT2D eigenvalue weighted by Gasteiger charge is 2.21. The summed E-state index contributed by atoms with van der Waals surface area (Å²) in [5, 5.41) is 11.9. The lowest BCUT2D eigenvalue weighted by Crippen LogP contribution is -2.10. The van der Waals surface area contributed by atoms with E-state index in [1.54, 1.807) is 10.9 Å². The summed E-state index contributed by atoms with van der Waals surface area (Å²) in [5.74, 6) is 2.95. The van der Waals surface area contributed by atoms with Gasteiger partial charge in [0.1, 0.15) is 11.5 Å². The van der Waals surface area contributed by atoms with E-state index in [1.807, 2.05) is 54.6 Å². The van der Waals surface area contributed by atoms with Gasteiger partial charge in [0.15, 0.2) is 5.82 Å². The summed E-state index contributed by atoms with van der Waals surface area (Å²) >= 11 is 5.38. The molecule has 27 heavy (non-hydrogen) atoms. The Labute approximate surface area is 163 Å². The van der Waals surface area contributed by atoms with Gasteiger partial charge in [-0.25, -0.2) is 0 Å². The summed E-state index contributed by atoms with van der Waals surface area (Å²) in [7, 11) is 0. The Hall–Kier alpha value is -2.73. The fraction of sp³-hybridized carbons (Fsp3) is 0.286. The van der Waals surface area contributed by atoms with Gasteiger partial charge in [0.25, 0.3) is 0 Å². The van der Waals surface area contributed by atoms with Gasteiger partial charge in [-0.05, 0) is 54.9 Å². The normalized spacial score (nSPS) is 15.3. The summed E-state index contributed by atoms with van der Waals surface area (Å²) in [5.41, 5.74) is 0.945. The lowest BCUT2D eigenvalue weighted by atomic mass is 9.89. The average Bonchev–Trinajstić information content (AvgIpc) is 3.09. The van der Waals surface area contributed by atoms with Crippen LogP contribution in [-0.2, 0) is 0 Å². The molecule has 6 heteroatoms. The Bertz CT molecular complexity index is 971. The van der Waals surface area contributed by atoms with Gasteiger partial charge in [0.2, 0.25) is 4.77 Å². The van der Waals surface area contributed by atoms with Crippen molar-refractivity contribution in [2.24, 2.45) is 5.10 Å². The van der Waals surface area contributed by atoms with Crippen LogP contribution in [0.15, 0.2) is 59.7 Å². The quantitative estimate of drug-likeness (QED) is 0.460. The van der Waals surface area contributed by atoms with E-state index in [1.165, 1.54) is 19.3 Å². The maximum absolute atomic E-state index is 5.89. The molecule has 3 aromatic rings. The molecule has 0 saturated heterocycles. The number of rotatable bonds is 5. The van der Waals surface area contributed by atoms with Crippen molar-refractivity contribution in [3.05, 3.63) is 70.8 Å². The third-order valence-corrected chi connectivity index (χ3v) is 5.07. The second-order valence-corrected chi connectivity index (χ2v) is 7.15. The van der Waals surface area contributed by atoms with Crippen LogP contribution in [0.3, 0.4) is 0 Å². The number of hydrogen-bond donors (Lipinski definition) is 1. The van der Waals surface area contributed by atoms with Crippen molar-refractivity contribution in [2.45, 2.75) is 38.0 Å². The van der Waals surface area contributed by atoms with Crippen molar-refractivity contribution in [3.8, 4) is 11.5 Å². The molecule has 1 heterocycles. The fourth-order valence-corrected chi connectivity index (χ4v) is 3.63. The molecule has 1 fully saturated rings. The van der Waals surface area contributed by atoms with Gasteiger partial charge in [-0.1, -0.05) is 49.6 Å². The van der Waals surface area contributed by atoms with Crippen molar-refractivity contribution in [3.63, 3.8) is 0 Å². The largest absolute Gasteiger partial charge is 0.457 e. The molecule has 1 aromatic heterocycles. The third-order valence-electron chi connectivity index (χ3n) is 4.81. The average molecular weight is 379 g/mol. The summed E-state index contributed by atoms with van der Waals surface area (Å²) in [4.78, 5) is 0. The van der Waals surface area contributed by atoms with E-state index in [0.717, 1.165) is 35.7 Å². The maximum atomic E-state index is 5.89. The molecule has 2 aromatic carbocycles. The van der Waals surface area contributed by atoms with E-state index in [2.05, 4.69) is 15.3 Å². The Morgan fingerprint density at radius 1 is 1.04 bits per heavy atom. The molecule has 5 nitrogen and oxygen atoms in total. The minimum absolute atomic E-state index is 0.427. The van der Waals surface area contributed by atoms with Gasteiger partial charge < -0.3 is 4.74 Å². The van der Waals surface area contributed by atoms with Crippen LogP contribution in [0.1, 0.15) is 49.4 Å². The first-order valence-electron chi connectivity index (χ1n) is 9.34. The molecule has 1 N–H and O–H groups in total. The van der Waals surface area contributed by atoms with Crippen LogP contribution < -0.4 is 4.74 Å². The van der Waals surface area contributed by atoms with E-state index < -0.39 is 0 Å². The van der Waals surface area contributed by atoms with Crippen LogP contribution in [0, 0.1) is 4.77 Å². The highest BCUT2D eigenvalue weighted by molar-refractivity contribution is 7.71. The molecule has 0 atom stereocenters. The minimum Gasteiger partial charge on any atom is -0.457 e. The Balaban J connectivity index is 1.54. The van der Waals surface area contributed by atoms with Gasteiger partial charge in [-0.3, -0.25) is 5.10 Å². The summed E-state index contributed by atoms with van der Waals surface area (Å²) in [6.45, 7) is 0. The first kappa shape index (κ1) is 17.7. The van der Waals surface area contributed by atoms with Crippen molar-refractivity contribution < 1.29 is 4.74 Å². The van der Waals surface area contributed by atoms with E-state index in [4.69, 9.17) is 17.0 Å². The minimum atomic E-state index is 0.427. The number of aromatic amines is 1. The van der Waals surface area contributed by atoms with E-state index in [9.17, 15) is 0 Å². The van der Waals surface area contributed by atoms with E-state index in [0.29, 0.717) is 10.7 Å². The van der Waals surface area contributed by atoms with E-state index >= 15 is 0 Å². The lowest BCUT2D eigenvalue weighted by Gasteiger charge is -2.19. The molecule has 0 amide bonds. The molecule has 0 radical (unpaired) electrons. The Kier molecular flexibility index (Phi) is 5.44. The van der Waals surface area contributed by atoms with Crippen LogP contribution in [0.2, 0.25) is 0 Å². The SMILES string of the molecule is S=c1[nH]nc(C2CCCCC2)n1N=Cc1cccc(Oc2ccccc2)c1. The number of nitrogens with zero attached hydrogens (tertiary/aromatic N) is 3. The number of benzene rings is 2. The van der Waals surface area contributed by atoms with Gasteiger partial charge >= 0.3 is 0 Å². The van der Waals surface area contributed by atoms with Crippen LogP contribution in [0.5, 0.6) is 11.5 Å². The van der Waals surface area contributed by atoms with Crippen molar-refractivity contribution in [1.82, 2.24) is 14.9 Å². The molecule has 0 spiro atoms. The van der Waals surface area contributed by atoms with E-state index in [-0.39, 0.29) is 0 Å². The second-order valence-electron chi connectivity index (χ2n) is 6.77. The smallest absolute Gasteiger partial charge is 0.216 e. The predicted octanol–water partition coefficient (Wildman–Crippen LogP) is 5.66. The van der Waals surface area contributed by atoms with Crippen molar-refractivity contribution >= 4 is 18.4 Å². The molecule has 1 aliphatic rings. The molecule has 1 aliphatic carbocycles. The predicted molar refractivity (Wildman–Crippen MR) is 109 cm³/mol. The number of ether oxygens (including phenoxy) is 1. The summed E-state index contributed by atoms with van der Waals surface area (Å²) in [6, 6.07) is 17.6.